The molecule has 0 spiro atoms. The molecule has 0 aliphatic heterocycles. The highest BCUT2D eigenvalue weighted by Gasteiger charge is 2.37. The molecule has 6 aromatic rings. The van der Waals surface area contributed by atoms with Gasteiger partial charge in [0.1, 0.15) is 23.5 Å². The van der Waals surface area contributed by atoms with Crippen LogP contribution in [0.5, 0.6) is 0 Å². The van der Waals surface area contributed by atoms with Crippen LogP contribution in [0.4, 0.5) is 0 Å². The normalized spacial score (nSPS) is 13.9. The molecule has 0 bridgehead atoms. The Balaban J connectivity index is 1.37. The number of imidazole rings is 1. The maximum Gasteiger partial charge on any atom is 0.216 e. The highest BCUT2D eigenvalue weighted by molar-refractivity contribution is 6.09. The lowest BCUT2D eigenvalue weighted by molar-refractivity contribution is -0.686. The summed E-state index contributed by atoms with van der Waals surface area (Å²) in [6.07, 6.45) is 10.6. The zero-order chi connectivity index (χ0) is 29.3. The molecule has 0 amide bonds. The number of hydrogen-bond acceptors (Lipinski definition) is 2. The fourth-order valence-electron chi connectivity index (χ4n) is 7.16. The Bertz CT molecular complexity index is 1840. The third-order valence-corrected chi connectivity index (χ3v) is 9.69. The van der Waals surface area contributed by atoms with E-state index in [1.807, 2.05) is 18.5 Å². The smallest absolute Gasteiger partial charge is 0.216 e. The fourth-order valence-corrected chi connectivity index (χ4v) is 7.16. The molecular weight excluding hydrogens is 514 g/mol. The SMILES string of the molecule is CCC(C)C(CC)(CCC[n+]1ccccc1-c1c(C)ccc2c1oc1ccccc12)c1ccccc1-c1nccn1C. The standard InChI is InChI=1S/C38H42N3O/c1-6-28(4)38(7-2,32-17-10-8-16-31(32)37-39-23-26-40(37)5)22-14-25-41-24-13-12-18-33(41)35-27(3)20-21-30-29-15-9-11-19-34(29)42-36(30)35/h8-13,15-21,23-24,26,28H,6-7,14,22,25H2,1-5H3/q+1. The van der Waals surface area contributed by atoms with Crippen LogP contribution in [0.2, 0.25) is 0 Å². The van der Waals surface area contributed by atoms with E-state index in [2.05, 4.69) is 123 Å². The van der Waals surface area contributed by atoms with Crippen LogP contribution < -0.4 is 4.57 Å². The molecule has 4 nitrogen and oxygen atoms in total. The number of furan rings is 1. The molecule has 4 heteroatoms. The van der Waals surface area contributed by atoms with E-state index in [4.69, 9.17) is 9.40 Å². The lowest BCUT2D eigenvalue weighted by Gasteiger charge is -2.40. The summed E-state index contributed by atoms with van der Waals surface area (Å²) in [6, 6.07) is 28.3. The van der Waals surface area contributed by atoms with E-state index in [-0.39, 0.29) is 5.41 Å². The Morgan fingerprint density at radius 1 is 0.929 bits per heavy atom. The van der Waals surface area contributed by atoms with Crippen molar-refractivity contribution >= 4 is 21.9 Å². The minimum absolute atomic E-state index is 0.0570. The fraction of sp³-hybridized carbons (Fsp3) is 0.316. The molecule has 0 radical (unpaired) electrons. The number of fused-ring (bicyclic) bond motifs is 3. The van der Waals surface area contributed by atoms with Crippen molar-refractivity contribution in [3.05, 3.63) is 109 Å². The highest BCUT2D eigenvalue weighted by Crippen LogP contribution is 2.45. The topological polar surface area (TPSA) is 34.8 Å². The Kier molecular flexibility index (Phi) is 7.72. The molecule has 3 aromatic carbocycles. The summed E-state index contributed by atoms with van der Waals surface area (Å²) in [5.41, 5.74) is 8.28. The van der Waals surface area contributed by atoms with Gasteiger partial charge in [0.25, 0.3) is 0 Å². The Morgan fingerprint density at radius 3 is 2.50 bits per heavy atom. The maximum atomic E-state index is 6.49. The average Bonchev–Trinajstić information content (AvgIpc) is 3.62. The first-order valence-corrected chi connectivity index (χ1v) is 15.5. The highest BCUT2D eigenvalue weighted by atomic mass is 16.3. The lowest BCUT2D eigenvalue weighted by atomic mass is 9.64. The third kappa shape index (κ3) is 4.73. The first-order valence-electron chi connectivity index (χ1n) is 15.5. The van der Waals surface area contributed by atoms with Gasteiger partial charge in [-0.05, 0) is 54.4 Å². The molecule has 2 atom stereocenters. The second-order valence-corrected chi connectivity index (χ2v) is 11.8. The van der Waals surface area contributed by atoms with Crippen molar-refractivity contribution in [1.82, 2.24) is 9.55 Å². The van der Waals surface area contributed by atoms with E-state index in [0.29, 0.717) is 5.92 Å². The van der Waals surface area contributed by atoms with Gasteiger partial charge in [0.15, 0.2) is 6.20 Å². The largest absolute Gasteiger partial charge is 0.455 e. The maximum absolute atomic E-state index is 6.49. The number of pyridine rings is 1. The van der Waals surface area contributed by atoms with Crippen LogP contribution in [0.1, 0.15) is 57.6 Å². The van der Waals surface area contributed by atoms with Crippen LogP contribution in [0.15, 0.2) is 102 Å². The minimum Gasteiger partial charge on any atom is -0.455 e. The van der Waals surface area contributed by atoms with Crippen LogP contribution in [-0.2, 0) is 19.0 Å². The van der Waals surface area contributed by atoms with Crippen molar-refractivity contribution in [3.63, 3.8) is 0 Å². The van der Waals surface area contributed by atoms with Gasteiger partial charge in [-0.25, -0.2) is 4.98 Å². The quantitative estimate of drug-likeness (QED) is 0.158. The van der Waals surface area contributed by atoms with Gasteiger partial charge in [0, 0.05) is 54.3 Å². The van der Waals surface area contributed by atoms with E-state index in [1.54, 1.807) is 0 Å². The molecular formula is C38H42N3O+. The summed E-state index contributed by atoms with van der Waals surface area (Å²) < 4.78 is 11.1. The predicted molar refractivity (Wildman–Crippen MR) is 173 cm³/mol. The molecule has 0 saturated carbocycles. The number of rotatable bonds is 10. The zero-order valence-corrected chi connectivity index (χ0v) is 25.6. The summed E-state index contributed by atoms with van der Waals surface area (Å²) in [6.45, 7) is 10.3. The van der Waals surface area contributed by atoms with Gasteiger partial charge in [0.2, 0.25) is 5.69 Å². The predicted octanol–water partition coefficient (Wildman–Crippen LogP) is 9.42. The lowest BCUT2D eigenvalue weighted by Crippen LogP contribution is -2.39. The molecule has 42 heavy (non-hydrogen) atoms. The summed E-state index contributed by atoms with van der Waals surface area (Å²) in [4.78, 5) is 4.75. The number of para-hydroxylation sites is 1. The Hall–Kier alpha value is -4.18. The summed E-state index contributed by atoms with van der Waals surface area (Å²) in [5.74, 6) is 1.58. The number of aryl methyl sites for hydroxylation is 3. The van der Waals surface area contributed by atoms with Gasteiger partial charge in [-0.3, -0.25) is 0 Å². The monoisotopic (exact) mass is 556 g/mol. The number of hydrogen-bond donors (Lipinski definition) is 0. The van der Waals surface area contributed by atoms with Crippen molar-refractivity contribution < 1.29 is 8.98 Å². The van der Waals surface area contributed by atoms with E-state index >= 15 is 0 Å². The van der Waals surface area contributed by atoms with Gasteiger partial charge in [-0.1, -0.05) is 81.8 Å². The van der Waals surface area contributed by atoms with Crippen molar-refractivity contribution in [2.75, 3.05) is 0 Å². The van der Waals surface area contributed by atoms with Crippen molar-refractivity contribution in [2.24, 2.45) is 13.0 Å². The molecule has 214 valence electrons. The summed E-state index contributed by atoms with van der Waals surface area (Å²) in [5, 5.41) is 2.35. The van der Waals surface area contributed by atoms with Crippen molar-refractivity contribution in [1.29, 1.82) is 0 Å². The van der Waals surface area contributed by atoms with Crippen LogP contribution >= 0.6 is 0 Å². The molecule has 0 saturated heterocycles. The van der Waals surface area contributed by atoms with Crippen LogP contribution in [0.25, 0.3) is 44.6 Å². The van der Waals surface area contributed by atoms with Gasteiger partial charge in [-0.2, -0.15) is 4.57 Å². The molecule has 6 rings (SSSR count). The van der Waals surface area contributed by atoms with Gasteiger partial charge in [0.05, 0.1) is 5.56 Å². The molecule has 0 N–H and O–H groups in total. The van der Waals surface area contributed by atoms with E-state index < -0.39 is 0 Å². The van der Waals surface area contributed by atoms with Gasteiger partial charge < -0.3 is 8.98 Å². The summed E-state index contributed by atoms with van der Waals surface area (Å²) in [7, 11) is 2.09. The Morgan fingerprint density at radius 2 is 1.71 bits per heavy atom. The van der Waals surface area contributed by atoms with Crippen LogP contribution in [0, 0.1) is 12.8 Å². The molecule has 3 heterocycles. The van der Waals surface area contributed by atoms with Crippen molar-refractivity contribution in [2.45, 2.75) is 65.3 Å². The zero-order valence-electron chi connectivity index (χ0n) is 25.6. The third-order valence-electron chi connectivity index (χ3n) is 9.69. The number of nitrogens with zero attached hydrogens (tertiary/aromatic N) is 3. The van der Waals surface area contributed by atoms with Crippen molar-refractivity contribution in [3.8, 4) is 22.6 Å². The first kappa shape index (κ1) is 28.0. The number of benzene rings is 3. The van der Waals surface area contributed by atoms with Crippen LogP contribution in [0.3, 0.4) is 0 Å². The van der Waals surface area contributed by atoms with Crippen LogP contribution in [-0.4, -0.2) is 9.55 Å². The van der Waals surface area contributed by atoms with E-state index in [1.165, 1.54) is 38.7 Å². The van der Waals surface area contributed by atoms with E-state index in [0.717, 1.165) is 49.2 Å². The average molecular weight is 557 g/mol. The Labute approximate surface area is 249 Å². The number of aromatic nitrogens is 3. The molecule has 0 fully saturated rings. The van der Waals surface area contributed by atoms with Gasteiger partial charge >= 0.3 is 0 Å². The molecule has 3 aromatic heterocycles. The minimum atomic E-state index is 0.0570. The van der Waals surface area contributed by atoms with E-state index in [9.17, 15) is 0 Å². The molecule has 2 unspecified atom stereocenters. The van der Waals surface area contributed by atoms with Gasteiger partial charge in [-0.15, -0.1) is 0 Å². The summed E-state index contributed by atoms with van der Waals surface area (Å²) >= 11 is 0. The first-order chi connectivity index (χ1) is 20.5. The second-order valence-electron chi connectivity index (χ2n) is 11.8. The second kappa shape index (κ2) is 11.6. The molecule has 0 aliphatic carbocycles. The molecule has 0 aliphatic rings.